The van der Waals surface area contributed by atoms with Gasteiger partial charge >= 0.3 is 6.09 Å². The Hall–Kier alpha value is -2.59. The minimum Gasteiger partial charge on any atom is -0.444 e. The predicted molar refractivity (Wildman–Crippen MR) is 134 cm³/mol. The molecule has 0 aliphatic carbocycles. The number of fused-ring (bicyclic) bond motifs is 1. The molecular weight excluding hydrogens is 454 g/mol. The molecule has 184 valence electrons. The number of aromatic nitrogens is 2. The summed E-state index contributed by atoms with van der Waals surface area (Å²) in [6, 6.07) is 3.67. The standard InChI is InChI=1S/C24H33N5O4S/c1-24(2,3)33-23(31)29-6-4-5-28(7-8-29)22(30)17-13-18(16-34)21-19(14-17)25-15-20(26-21)27-9-11-32-12-10-27/h13-15,34H,4-12,16H2,1-3H3. The van der Waals surface area contributed by atoms with Crippen molar-refractivity contribution in [2.45, 2.75) is 38.5 Å². The Morgan fingerprint density at radius 2 is 1.76 bits per heavy atom. The number of carbonyl (C=O) groups excluding carboxylic acids is 2. The second-order valence-corrected chi connectivity index (χ2v) is 9.92. The normalized spacial score (nSPS) is 17.6. The van der Waals surface area contributed by atoms with Gasteiger partial charge in [-0.05, 0) is 44.9 Å². The van der Waals surface area contributed by atoms with Crippen molar-refractivity contribution >= 4 is 41.5 Å². The molecule has 1 aromatic heterocycles. The zero-order valence-electron chi connectivity index (χ0n) is 20.1. The number of carbonyl (C=O) groups is 2. The first-order valence-corrected chi connectivity index (χ1v) is 12.4. The number of thiol groups is 1. The van der Waals surface area contributed by atoms with Crippen LogP contribution in [0.4, 0.5) is 10.6 Å². The van der Waals surface area contributed by atoms with Crippen LogP contribution in [0.15, 0.2) is 18.3 Å². The maximum absolute atomic E-state index is 13.4. The Labute approximate surface area is 205 Å². The van der Waals surface area contributed by atoms with E-state index in [0.29, 0.717) is 62.6 Å². The maximum Gasteiger partial charge on any atom is 0.410 e. The first kappa shape index (κ1) is 24.5. The van der Waals surface area contributed by atoms with E-state index < -0.39 is 5.60 Å². The molecular formula is C24H33N5O4S. The van der Waals surface area contributed by atoms with Crippen LogP contribution in [0.25, 0.3) is 11.0 Å². The van der Waals surface area contributed by atoms with Crippen LogP contribution in [-0.2, 0) is 15.2 Å². The van der Waals surface area contributed by atoms with E-state index in [1.807, 2.05) is 26.8 Å². The highest BCUT2D eigenvalue weighted by molar-refractivity contribution is 7.79. The average molecular weight is 488 g/mol. The summed E-state index contributed by atoms with van der Waals surface area (Å²) in [6.45, 7) is 10.5. The fraction of sp³-hybridized carbons (Fsp3) is 0.583. The Morgan fingerprint density at radius 1 is 1.06 bits per heavy atom. The molecule has 0 unspecified atom stereocenters. The topological polar surface area (TPSA) is 88.1 Å². The smallest absolute Gasteiger partial charge is 0.410 e. The van der Waals surface area contributed by atoms with Crippen molar-refractivity contribution in [2.75, 3.05) is 57.4 Å². The molecule has 0 saturated carbocycles. The van der Waals surface area contributed by atoms with Gasteiger partial charge in [0, 0.05) is 50.6 Å². The van der Waals surface area contributed by atoms with Crippen LogP contribution in [0.2, 0.25) is 0 Å². The third-order valence-corrected chi connectivity index (χ3v) is 6.24. The summed E-state index contributed by atoms with van der Waals surface area (Å²) in [5.41, 5.74) is 2.34. The second-order valence-electron chi connectivity index (χ2n) is 9.60. The van der Waals surface area contributed by atoms with Crippen LogP contribution in [0.1, 0.15) is 43.1 Å². The molecule has 1 aromatic carbocycles. The molecule has 9 nitrogen and oxygen atoms in total. The van der Waals surface area contributed by atoms with Gasteiger partial charge in [0.05, 0.1) is 30.4 Å². The Morgan fingerprint density at radius 3 is 2.47 bits per heavy atom. The molecule has 0 spiro atoms. The zero-order chi connectivity index (χ0) is 24.3. The number of nitrogens with zero attached hydrogens (tertiary/aromatic N) is 5. The molecule has 2 amide bonds. The van der Waals surface area contributed by atoms with Crippen molar-refractivity contribution in [1.29, 1.82) is 0 Å². The van der Waals surface area contributed by atoms with E-state index in [1.165, 1.54) is 0 Å². The number of ether oxygens (including phenoxy) is 2. The van der Waals surface area contributed by atoms with Crippen LogP contribution in [-0.4, -0.2) is 89.9 Å². The summed E-state index contributed by atoms with van der Waals surface area (Å²) in [5, 5.41) is 0. The van der Waals surface area contributed by atoms with Gasteiger partial charge in [0.25, 0.3) is 5.91 Å². The zero-order valence-corrected chi connectivity index (χ0v) is 21.0. The van der Waals surface area contributed by atoms with E-state index in [0.717, 1.165) is 30.0 Å². The minimum atomic E-state index is -0.546. The van der Waals surface area contributed by atoms with Crippen molar-refractivity contribution < 1.29 is 19.1 Å². The lowest BCUT2D eigenvalue weighted by atomic mass is 10.1. The summed E-state index contributed by atoms with van der Waals surface area (Å²) in [6.07, 6.45) is 2.12. The highest BCUT2D eigenvalue weighted by Gasteiger charge is 2.27. The van der Waals surface area contributed by atoms with Gasteiger partial charge in [-0.25, -0.2) is 9.78 Å². The van der Waals surface area contributed by atoms with Gasteiger partial charge in [0.15, 0.2) is 0 Å². The lowest BCUT2D eigenvalue weighted by molar-refractivity contribution is 0.0255. The number of hydrogen-bond acceptors (Lipinski definition) is 8. The van der Waals surface area contributed by atoms with Crippen LogP contribution < -0.4 is 4.90 Å². The van der Waals surface area contributed by atoms with Gasteiger partial charge < -0.3 is 24.2 Å². The number of benzene rings is 1. The van der Waals surface area contributed by atoms with Gasteiger partial charge in [0.1, 0.15) is 11.4 Å². The van der Waals surface area contributed by atoms with E-state index in [9.17, 15) is 9.59 Å². The highest BCUT2D eigenvalue weighted by Crippen LogP contribution is 2.24. The Kier molecular flexibility index (Phi) is 7.47. The summed E-state index contributed by atoms with van der Waals surface area (Å²) in [7, 11) is 0. The Balaban J connectivity index is 1.51. The number of amides is 2. The van der Waals surface area contributed by atoms with Crippen LogP contribution in [0.5, 0.6) is 0 Å². The molecule has 2 saturated heterocycles. The third-order valence-electron chi connectivity index (χ3n) is 5.90. The second kappa shape index (κ2) is 10.4. The molecule has 34 heavy (non-hydrogen) atoms. The molecule has 2 aliphatic rings. The fourth-order valence-electron chi connectivity index (χ4n) is 4.18. The van der Waals surface area contributed by atoms with Gasteiger partial charge in [-0.2, -0.15) is 12.6 Å². The SMILES string of the molecule is CC(C)(C)OC(=O)N1CCCN(C(=O)c2cc(CS)c3nc(N4CCOCC4)cnc3c2)CC1. The first-order valence-electron chi connectivity index (χ1n) is 11.8. The number of anilines is 1. The molecule has 2 aromatic rings. The van der Waals surface area contributed by atoms with E-state index in [4.69, 9.17) is 14.5 Å². The van der Waals surface area contributed by atoms with Crippen molar-refractivity contribution in [3.05, 3.63) is 29.5 Å². The number of rotatable bonds is 3. The lowest BCUT2D eigenvalue weighted by Crippen LogP contribution is -2.40. The Bertz CT molecular complexity index is 1050. The summed E-state index contributed by atoms with van der Waals surface area (Å²) in [5.74, 6) is 1.19. The monoisotopic (exact) mass is 487 g/mol. The third kappa shape index (κ3) is 5.72. The quantitative estimate of drug-likeness (QED) is 0.666. The van der Waals surface area contributed by atoms with Gasteiger partial charge in [-0.15, -0.1) is 0 Å². The molecule has 0 N–H and O–H groups in total. The van der Waals surface area contributed by atoms with Crippen molar-refractivity contribution in [3.63, 3.8) is 0 Å². The minimum absolute atomic E-state index is 0.0740. The van der Waals surface area contributed by atoms with E-state index >= 15 is 0 Å². The largest absolute Gasteiger partial charge is 0.444 e. The molecule has 2 aliphatic heterocycles. The molecule has 10 heteroatoms. The van der Waals surface area contributed by atoms with Gasteiger partial charge in [-0.3, -0.25) is 9.78 Å². The summed E-state index contributed by atoms with van der Waals surface area (Å²) < 4.78 is 10.9. The van der Waals surface area contributed by atoms with E-state index in [-0.39, 0.29) is 12.0 Å². The van der Waals surface area contributed by atoms with Crippen LogP contribution in [0.3, 0.4) is 0 Å². The highest BCUT2D eigenvalue weighted by atomic mass is 32.1. The number of morpholine rings is 1. The maximum atomic E-state index is 13.4. The number of hydrogen-bond donors (Lipinski definition) is 1. The molecule has 0 atom stereocenters. The molecule has 4 rings (SSSR count). The molecule has 0 bridgehead atoms. The van der Waals surface area contributed by atoms with E-state index in [1.54, 1.807) is 22.1 Å². The molecule has 0 radical (unpaired) electrons. The van der Waals surface area contributed by atoms with Crippen molar-refractivity contribution in [3.8, 4) is 0 Å². The molecule has 2 fully saturated rings. The van der Waals surface area contributed by atoms with Crippen LogP contribution >= 0.6 is 12.6 Å². The summed E-state index contributed by atoms with van der Waals surface area (Å²) >= 11 is 4.49. The van der Waals surface area contributed by atoms with Gasteiger partial charge in [-0.1, -0.05) is 0 Å². The summed E-state index contributed by atoms with van der Waals surface area (Å²) in [4.78, 5) is 40.9. The van der Waals surface area contributed by atoms with Crippen molar-refractivity contribution in [1.82, 2.24) is 19.8 Å². The lowest BCUT2D eigenvalue weighted by Gasteiger charge is -2.27. The van der Waals surface area contributed by atoms with Crippen molar-refractivity contribution in [2.24, 2.45) is 0 Å². The average Bonchev–Trinajstić information content (AvgIpc) is 3.08. The predicted octanol–water partition coefficient (Wildman–Crippen LogP) is 2.98. The van der Waals surface area contributed by atoms with E-state index in [2.05, 4.69) is 22.5 Å². The fourth-order valence-corrected chi connectivity index (χ4v) is 4.42. The van der Waals surface area contributed by atoms with Crippen LogP contribution in [0, 0.1) is 0 Å². The van der Waals surface area contributed by atoms with Gasteiger partial charge in [0.2, 0.25) is 0 Å². The first-order chi connectivity index (χ1) is 16.2. The molecule has 3 heterocycles.